The molecule has 0 saturated carbocycles. The highest BCUT2D eigenvalue weighted by Crippen LogP contribution is 2.20. The van der Waals surface area contributed by atoms with Gasteiger partial charge < -0.3 is 5.11 Å². The summed E-state index contributed by atoms with van der Waals surface area (Å²) in [5.74, 6) is -1.35. The fourth-order valence-electron chi connectivity index (χ4n) is 2.83. The summed E-state index contributed by atoms with van der Waals surface area (Å²) in [6, 6.07) is 5.26. The molecule has 0 radical (unpaired) electrons. The zero-order valence-corrected chi connectivity index (χ0v) is 12.4. The average molecular weight is 291 g/mol. The minimum Gasteiger partial charge on any atom is -0.478 e. The van der Waals surface area contributed by atoms with Crippen LogP contribution >= 0.6 is 0 Å². The molecule has 1 aliphatic heterocycles. The van der Waals surface area contributed by atoms with Gasteiger partial charge in [-0.15, -0.1) is 0 Å². The van der Waals surface area contributed by atoms with Gasteiger partial charge in [0, 0.05) is 18.7 Å². The normalized spacial score (nSPS) is 20.6. The van der Waals surface area contributed by atoms with Gasteiger partial charge in [0.25, 0.3) is 0 Å². The van der Waals surface area contributed by atoms with Crippen LogP contribution in [-0.4, -0.2) is 28.6 Å². The van der Waals surface area contributed by atoms with E-state index in [0.29, 0.717) is 18.2 Å². The van der Waals surface area contributed by atoms with Crippen LogP contribution in [0.5, 0.6) is 0 Å². The van der Waals surface area contributed by atoms with E-state index in [0.717, 1.165) is 18.2 Å². The summed E-state index contributed by atoms with van der Waals surface area (Å²) in [6.45, 7) is 3.97. The lowest BCUT2D eigenvalue weighted by Gasteiger charge is -2.27. The quantitative estimate of drug-likeness (QED) is 0.860. The van der Waals surface area contributed by atoms with Gasteiger partial charge in [0.2, 0.25) is 0 Å². The molecule has 1 N–H and O–H groups in total. The molecular formula is C17H22FNO2. The molecule has 2 rings (SSSR count). The van der Waals surface area contributed by atoms with E-state index in [1.54, 1.807) is 0 Å². The van der Waals surface area contributed by atoms with Crippen molar-refractivity contribution >= 4 is 12.0 Å². The van der Waals surface area contributed by atoms with Gasteiger partial charge in [0.1, 0.15) is 5.82 Å². The van der Waals surface area contributed by atoms with E-state index in [9.17, 15) is 9.18 Å². The Balaban J connectivity index is 2.13. The van der Waals surface area contributed by atoms with Crippen molar-refractivity contribution in [3.05, 3.63) is 41.2 Å². The Hall–Kier alpha value is -1.68. The first kappa shape index (κ1) is 15.7. The van der Waals surface area contributed by atoms with Gasteiger partial charge in [-0.25, -0.2) is 9.18 Å². The van der Waals surface area contributed by atoms with Crippen LogP contribution in [0.2, 0.25) is 0 Å². The number of benzene rings is 1. The van der Waals surface area contributed by atoms with Gasteiger partial charge in [-0.3, -0.25) is 4.90 Å². The average Bonchev–Trinajstić information content (AvgIpc) is 2.61. The second-order valence-corrected chi connectivity index (χ2v) is 5.73. The molecular weight excluding hydrogens is 269 g/mol. The lowest BCUT2D eigenvalue weighted by Crippen LogP contribution is -2.32. The molecule has 0 aliphatic carbocycles. The number of carboxylic acids is 1. The van der Waals surface area contributed by atoms with Crippen LogP contribution in [0.15, 0.2) is 24.3 Å². The van der Waals surface area contributed by atoms with Gasteiger partial charge in [-0.05, 0) is 55.6 Å². The molecule has 4 heteroatoms. The lowest BCUT2D eigenvalue weighted by atomic mass is 10.1. The molecule has 0 aromatic heterocycles. The maximum atomic E-state index is 13.7. The maximum absolute atomic E-state index is 13.7. The number of aliphatic carboxylic acids is 1. The van der Waals surface area contributed by atoms with Crippen molar-refractivity contribution in [1.29, 1.82) is 0 Å². The van der Waals surface area contributed by atoms with E-state index in [1.165, 1.54) is 43.9 Å². The van der Waals surface area contributed by atoms with E-state index in [-0.39, 0.29) is 5.82 Å². The SMILES string of the molecule is CC1CCCCCN1Cc1cc(F)cc(C=CC(=O)O)c1. The van der Waals surface area contributed by atoms with E-state index in [2.05, 4.69) is 11.8 Å². The van der Waals surface area contributed by atoms with Gasteiger partial charge in [0.05, 0.1) is 0 Å². The van der Waals surface area contributed by atoms with E-state index in [1.807, 2.05) is 6.07 Å². The molecule has 0 bridgehead atoms. The first-order valence-electron chi connectivity index (χ1n) is 7.49. The van der Waals surface area contributed by atoms with Crippen LogP contribution in [0.4, 0.5) is 4.39 Å². The highest BCUT2D eigenvalue weighted by Gasteiger charge is 2.17. The Labute approximate surface area is 125 Å². The molecule has 1 aliphatic rings. The first-order valence-corrected chi connectivity index (χ1v) is 7.49. The van der Waals surface area contributed by atoms with Crippen LogP contribution in [0.3, 0.4) is 0 Å². The standard InChI is InChI=1S/C17H22FNO2/c1-13-5-3-2-4-8-19(13)12-15-9-14(6-7-17(20)21)10-16(18)11-15/h6-7,9-11,13H,2-5,8,12H2,1H3,(H,20,21). The minimum absolute atomic E-state index is 0.319. The molecule has 1 unspecified atom stereocenters. The van der Waals surface area contributed by atoms with Crippen LogP contribution in [-0.2, 0) is 11.3 Å². The van der Waals surface area contributed by atoms with Crippen molar-refractivity contribution < 1.29 is 14.3 Å². The summed E-state index contributed by atoms with van der Waals surface area (Å²) in [5.41, 5.74) is 1.49. The van der Waals surface area contributed by atoms with E-state index < -0.39 is 5.97 Å². The molecule has 21 heavy (non-hydrogen) atoms. The van der Waals surface area contributed by atoms with Crippen molar-refractivity contribution in [3.8, 4) is 0 Å². The van der Waals surface area contributed by atoms with Crippen LogP contribution in [0, 0.1) is 5.82 Å². The number of likely N-dealkylation sites (tertiary alicyclic amines) is 1. The Kier molecular flexibility index (Phi) is 5.51. The summed E-state index contributed by atoms with van der Waals surface area (Å²) in [5, 5.41) is 8.65. The Bertz CT molecular complexity index is 528. The van der Waals surface area contributed by atoms with Crippen molar-refractivity contribution in [3.63, 3.8) is 0 Å². The Morgan fingerprint density at radius 3 is 2.95 bits per heavy atom. The number of carboxylic acid groups (broad SMARTS) is 1. The minimum atomic E-state index is -1.03. The van der Waals surface area contributed by atoms with Crippen molar-refractivity contribution in [2.24, 2.45) is 0 Å². The van der Waals surface area contributed by atoms with Gasteiger partial charge in [0.15, 0.2) is 0 Å². The van der Waals surface area contributed by atoms with Crippen molar-refractivity contribution in [1.82, 2.24) is 4.90 Å². The molecule has 0 spiro atoms. The molecule has 1 heterocycles. The fraction of sp³-hybridized carbons (Fsp3) is 0.471. The first-order chi connectivity index (χ1) is 10.0. The number of rotatable bonds is 4. The smallest absolute Gasteiger partial charge is 0.328 e. The molecule has 3 nitrogen and oxygen atoms in total. The molecule has 1 atom stereocenters. The zero-order valence-electron chi connectivity index (χ0n) is 12.4. The number of nitrogens with zero attached hydrogens (tertiary/aromatic N) is 1. The third-order valence-corrected chi connectivity index (χ3v) is 3.97. The highest BCUT2D eigenvalue weighted by molar-refractivity contribution is 5.85. The third kappa shape index (κ3) is 4.97. The Morgan fingerprint density at radius 1 is 1.38 bits per heavy atom. The predicted molar refractivity (Wildman–Crippen MR) is 81.4 cm³/mol. The van der Waals surface area contributed by atoms with Gasteiger partial charge in [-0.2, -0.15) is 0 Å². The lowest BCUT2D eigenvalue weighted by molar-refractivity contribution is -0.131. The Morgan fingerprint density at radius 2 is 2.19 bits per heavy atom. The highest BCUT2D eigenvalue weighted by atomic mass is 19.1. The van der Waals surface area contributed by atoms with Crippen molar-refractivity contribution in [2.45, 2.75) is 45.2 Å². The molecule has 0 amide bonds. The topological polar surface area (TPSA) is 40.5 Å². The summed E-state index contributed by atoms with van der Waals surface area (Å²) in [4.78, 5) is 12.9. The van der Waals surface area contributed by atoms with E-state index in [4.69, 9.17) is 5.11 Å². The molecule has 114 valence electrons. The molecule has 1 saturated heterocycles. The summed E-state index contributed by atoms with van der Waals surface area (Å²) in [6.07, 6.45) is 7.35. The van der Waals surface area contributed by atoms with Crippen LogP contribution in [0.25, 0.3) is 6.08 Å². The van der Waals surface area contributed by atoms with E-state index >= 15 is 0 Å². The second-order valence-electron chi connectivity index (χ2n) is 5.73. The summed E-state index contributed by atoms with van der Waals surface area (Å²) in [7, 11) is 0. The number of halogens is 1. The summed E-state index contributed by atoms with van der Waals surface area (Å²) >= 11 is 0. The van der Waals surface area contributed by atoms with Crippen molar-refractivity contribution in [2.75, 3.05) is 6.54 Å². The zero-order chi connectivity index (χ0) is 15.2. The largest absolute Gasteiger partial charge is 0.478 e. The fourth-order valence-corrected chi connectivity index (χ4v) is 2.83. The molecule has 1 fully saturated rings. The predicted octanol–water partition coefficient (Wildman–Crippen LogP) is 3.69. The third-order valence-electron chi connectivity index (χ3n) is 3.97. The van der Waals surface area contributed by atoms with Crippen LogP contribution in [0.1, 0.15) is 43.7 Å². The van der Waals surface area contributed by atoms with Crippen LogP contribution < -0.4 is 0 Å². The molecule has 1 aromatic carbocycles. The summed E-state index contributed by atoms with van der Waals surface area (Å²) < 4.78 is 13.7. The maximum Gasteiger partial charge on any atom is 0.328 e. The van der Waals surface area contributed by atoms with Gasteiger partial charge in [-0.1, -0.05) is 18.9 Å². The van der Waals surface area contributed by atoms with Gasteiger partial charge >= 0.3 is 5.97 Å². The monoisotopic (exact) mass is 291 g/mol. The number of hydrogen-bond donors (Lipinski definition) is 1. The molecule has 1 aromatic rings. The number of carbonyl (C=O) groups is 1. The second kappa shape index (κ2) is 7.36. The number of hydrogen-bond acceptors (Lipinski definition) is 2.